The van der Waals surface area contributed by atoms with Gasteiger partial charge in [-0.2, -0.15) is 0 Å². The number of halogens is 2. The van der Waals surface area contributed by atoms with Crippen molar-refractivity contribution >= 4 is 34.7 Å². The number of ether oxygens (including phenoxy) is 1. The van der Waals surface area contributed by atoms with Crippen molar-refractivity contribution in [3.05, 3.63) is 52.1 Å². The van der Waals surface area contributed by atoms with Gasteiger partial charge in [0.05, 0.1) is 12.1 Å². The standard InChI is InChI=1S/C24H29ClFN5O2/c1-15-12-17(6-7-18(15)26)14-31-19-13-16(2)27-21(25)20(19)28-22(31)29-8-10-30(11-9-29)23(32)33-24(3,4)5/h6-7,12-13H,8-11,14H2,1-5H3. The lowest BCUT2D eigenvalue weighted by atomic mass is 10.1. The van der Waals surface area contributed by atoms with Crippen LogP contribution in [0.1, 0.15) is 37.6 Å². The second kappa shape index (κ2) is 8.82. The van der Waals surface area contributed by atoms with Crippen molar-refractivity contribution in [3.8, 4) is 0 Å². The second-order valence-electron chi connectivity index (χ2n) is 9.46. The Morgan fingerprint density at radius 2 is 1.82 bits per heavy atom. The fraction of sp³-hybridized carbons (Fsp3) is 0.458. The molecule has 3 aromatic rings. The molecule has 33 heavy (non-hydrogen) atoms. The van der Waals surface area contributed by atoms with Crippen molar-refractivity contribution in [2.75, 3.05) is 31.1 Å². The summed E-state index contributed by atoms with van der Waals surface area (Å²) in [7, 11) is 0. The lowest BCUT2D eigenvalue weighted by Crippen LogP contribution is -2.50. The third-order valence-corrected chi connectivity index (χ3v) is 5.84. The minimum atomic E-state index is -0.531. The molecule has 1 aromatic carbocycles. The summed E-state index contributed by atoms with van der Waals surface area (Å²) in [6.07, 6.45) is -0.305. The lowest BCUT2D eigenvalue weighted by molar-refractivity contribution is 0.0240. The third kappa shape index (κ3) is 5.05. The van der Waals surface area contributed by atoms with Gasteiger partial charge in [-0.3, -0.25) is 0 Å². The van der Waals surface area contributed by atoms with Crippen LogP contribution in [-0.2, 0) is 11.3 Å². The van der Waals surface area contributed by atoms with E-state index in [-0.39, 0.29) is 11.9 Å². The number of carbonyl (C=O) groups is 1. The molecule has 3 heterocycles. The monoisotopic (exact) mass is 473 g/mol. The van der Waals surface area contributed by atoms with E-state index in [2.05, 4.69) is 14.5 Å². The quantitative estimate of drug-likeness (QED) is 0.504. The summed E-state index contributed by atoms with van der Waals surface area (Å²) in [5, 5.41) is 0.354. The molecule has 1 saturated heterocycles. The van der Waals surface area contributed by atoms with Gasteiger partial charge in [-0.1, -0.05) is 23.7 Å². The van der Waals surface area contributed by atoms with Crippen LogP contribution in [0.3, 0.4) is 0 Å². The minimum absolute atomic E-state index is 0.226. The van der Waals surface area contributed by atoms with E-state index in [0.717, 1.165) is 22.7 Å². The second-order valence-corrected chi connectivity index (χ2v) is 9.82. The van der Waals surface area contributed by atoms with E-state index in [4.69, 9.17) is 21.3 Å². The number of imidazole rings is 1. The van der Waals surface area contributed by atoms with E-state index in [1.54, 1.807) is 17.9 Å². The third-order valence-electron chi connectivity index (χ3n) is 5.58. The van der Waals surface area contributed by atoms with E-state index in [1.165, 1.54) is 6.07 Å². The zero-order chi connectivity index (χ0) is 23.9. The number of pyridine rings is 1. The molecule has 1 fully saturated rings. The molecule has 0 radical (unpaired) electrons. The van der Waals surface area contributed by atoms with Gasteiger partial charge < -0.3 is 19.1 Å². The summed E-state index contributed by atoms with van der Waals surface area (Å²) in [6, 6.07) is 7.09. The highest BCUT2D eigenvalue weighted by Gasteiger charge is 2.28. The van der Waals surface area contributed by atoms with Gasteiger partial charge in [0.1, 0.15) is 16.9 Å². The van der Waals surface area contributed by atoms with Crippen LogP contribution in [0.15, 0.2) is 24.3 Å². The molecule has 2 aromatic heterocycles. The van der Waals surface area contributed by atoms with Gasteiger partial charge in [-0.05, 0) is 57.9 Å². The Morgan fingerprint density at radius 3 is 2.45 bits per heavy atom. The van der Waals surface area contributed by atoms with Gasteiger partial charge in [0.2, 0.25) is 5.95 Å². The van der Waals surface area contributed by atoms with Crippen LogP contribution in [0.2, 0.25) is 5.15 Å². The van der Waals surface area contributed by atoms with E-state index < -0.39 is 5.60 Å². The molecule has 0 spiro atoms. The Balaban J connectivity index is 1.65. The Morgan fingerprint density at radius 1 is 1.12 bits per heavy atom. The Labute approximate surface area is 198 Å². The summed E-state index contributed by atoms with van der Waals surface area (Å²) < 4.78 is 21.4. The Bertz CT molecular complexity index is 1200. The fourth-order valence-electron chi connectivity index (χ4n) is 3.99. The molecule has 176 valence electrons. The maximum atomic E-state index is 13.8. The molecule has 7 nitrogen and oxygen atoms in total. The molecular formula is C24H29ClFN5O2. The average molecular weight is 474 g/mol. The summed E-state index contributed by atoms with van der Waals surface area (Å²) in [6.45, 7) is 12.0. The normalized spacial score (nSPS) is 14.8. The number of piperazine rings is 1. The topological polar surface area (TPSA) is 63.5 Å². The molecule has 1 aliphatic rings. The van der Waals surface area contributed by atoms with Gasteiger partial charge in [0, 0.05) is 31.9 Å². The maximum Gasteiger partial charge on any atom is 0.410 e. The van der Waals surface area contributed by atoms with Crippen LogP contribution in [0.25, 0.3) is 11.0 Å². The number of nitrogens with zero attached hydrogens (tertiary/aromatic N) is 5. The maximum absolute atomic E-state index is 13.8. The fourth-order valence-corrected chi connectivity index (χ4v) is 4.26. The summed E-state index contributed by atoms with van der Waals surface area (Å²) in [5.41, 5.74) is 3.33. The van der Waals surface area contributed by atoms with Crippen LogP contribution in [-0.4, -0.2) is 57.3 Å². The van der Waals surface area contributed by atoms with Crippen LogP contribution in [0.4, 0.5) is 15.1 Å². The van der Waals surface area contributed by atoms with Crippen LogP contribution in [0.5, 0.6) is 0 Å². The van der Waals surface area contributed by atoms with E-state index >= 15 is 0 Å². The summed E-state index contributed by atoms with van der Waals surface area (Å²) in [4.78, 5) is 25.5. The lowest BCUT2D eigenvalue weighted by Gasteiger charge is -2.36. The van der Waals surface area contributed by atoms with Gasteiger partial charge in [-0.25, -0.2) is 19.2 Å². The average Bonchev–Trinajstić information content (AvgIpc) is 3.08. The molecule has 1 aliphatic heterocycles. The zero-order valence-electron chi connectivity index (χ0n) is 19.7. The van der Waals surface area contributed by atoms with Crippen LogP contribution < -0.4 is 4.90 Å². The summed E-state index contributed by atoms with van der Waals surface area (Å²) in [5.74, 6) is 0.529. The number of aryl methyl sites for hydroxylation is 2. The number of anilines is 1. The molecular weight excluding hydrogens is 445 g/mol. The van der Waals surface area contributed by atoms with Crippen LogP contribution in [0, 0.1) is 19.7 Å². The number of hydrogen-bond acceptors (Lipinski definition) is 5. The molecule has 0 saturated carbocycles. The van der Waals surface area contributed by atoms with Gasteiger partial charge in [0.25, 0.3) is 0 Å². The van der Waals surface area contributed by atoms with E-state index in [9.17, 15) is 9.18 Å². The first-order valence-electron chi connectivity index (χ1n) is 11.0. The van der Waals surface area contributed by atoms with Crippen molar-refractivity contribution in [1.82, 2.24) is 19.4 Å². The van der Waals surface area contributed by atoms with Gasteiger partial charge in [0.15, 0.2) is 5.15 Å². The van der Waals surface area contributed by atoms with Crippen molar-refractivity contribution in [2.45, 2.75) is 46.8 Å². The highest BCUT2D eigenvalue weighted by Crippen LogP contribution is 2.29. The number of aromatic nitrogens is 3. The van der Waals surface area contributed by atoms with E-state index in [0.29, 0.717) is 49.0 Å². The number of fused-ring (bicyclic) bond motifs is 1. The molecule has 0 atom stereocenters. The first-order valence-corrected chi connectivity index (χ1v) is 11.4. The predicted octanol–water partition coefficient (Wildman–Crippen LogP) is 4.95. The van der Waals surface area contributed by atoms with E-state index in [1.807, 2.05) is 39.8 Å². The molecule has 0 bridgehead atoms. The van der Waals surface area contributed by atoms with Crippen LogP contribution >= 0.6 is 11.6 Å². The zero-order valence-corrected chi connectivity index (χ0v) is 20.4. The van der Waals surface area contributed by atoms with Crippen molar-refractivity contribution in [2.24, 2.45) is 0 Å². The number of benzene rings is 1. The number of rotatable bonds is 3. The first-order chi connectivity index (χ1) is 15.5. The Kier molecular flexibility index (Phi) is 6.22. The smallest absolute Gasteiger partial charge is 0.410 e. The van der Waals surface area contributed by atoms with Crippen molar-refractivity contribution < 1.29 is 13.9 Å². The molecule has 0 aliphatic carbocycles. The van der Waals surface area contributed by atoms with Crippen molar-refractivity contribution in [3.63, 3.8) is 0 Å². The van der Waals surface area contributed by atoms with Gasteiger partial charge >= 0.3 is 6.09 Å². The highest BCUT2D eigenvalue weighted by atomic mass is 35.5. The SMILES string of the molecule is Cc1cc2c(nc(N3CCN(C(=O)OC(C)(C)C)CC3)n2Cc2ccc(F)c(C)c2)c(Cl)n1. The molecule has 4 rings (SSSR count). The molecule has 0 unspecified atom stereocenters. The largest absolute Gasteiger partial charge is 0.444 e. The van der Waals surface area contributed by atoms with Crippen molar-refractivity contribution in [1.29, 1.82) is 0 Å². The first kappa shape index (κ1) is 23.3. The predicted molar refractivity (Wildman–Crippen MR) is 128 cm³/mol. The van der Waals surface area contributed by atoms with Gasteiger partial charge in [-0.15, -0.1) is 0 Å². The molecule has 1 amide bonds. The molecule has 0 N–H and O–H groups in total. The molecule has 9 heteroatoms. The number of hydrogen-bond donors (Lipinski definition) is 0. The Hall–Kier alpha value is -2.87. The number of carbonyl (C=O) groups excluding carboxylic acids is 1. The summed E-state index contributed by atoms with van der Waals surface area (Å²) >= 11 is 6.44. The minimum Gasteiger partial charge on any atom is -0.444 e. The highest BCUT2D eigenvalue weighted by molar-refractivity contribution is 6.33. The number of amides is 1.